The highest BCUT2D eigenvalue weighted by atomic mass is 35.5. The molecule has 1 heterocycles. The molecule has 0 amide bonds. The van der Waals surface area contributed by atoms with Crippen LogP contribution in [0.2, 0.25) is 5.02 Å². The first-order valence-electron chi connectivity index (χ1n) is 8.29. The molecule has 2 rings (SSSR count). The number of likely N-dealkylation sites (N-methyl/N-ethyl adjacent to an activating group) is 1. The van der Waals surface area contributed by atoms with Crippen molar-refractivity contribution in [3.8, 4) is 0 Å². The van der Waals surface area contributed by atoms with Gasteiger partial charge in [0.15, 0.2) is 0 Å². The van der Waals surface area contributed by atoms with Gasteiger partial charge in [-0.05, 0) is 43.0 Å². The van der Waals surface area contributed by atoms with Crippen molar-refractivity contribution in [2.75, 3.05) is 18.0 Å². The number of nitrogens with one attached hydrogen (secondary N) is 1. The van der Waals surface area contributed by atoms with E-state index in [0.717, 1.165) is 24.7 Å². The zero-order chi connectivity index (χ0) is 15.6. The van der Waals surface area contributed by atoms with Gasteiger partial charge in [0, 0.05) is 41.8 Å². The van der Waals surface area contributed by atoms with Crippen molar-refractivity contribution in [3.05, 3.63) is 28.3 Å². The van der Waals surface area contributed by atoms with Crippen LogP contribution in [0.5, 0.6) is 0 Å². The summed E-state index contributed by atoms with van der Waals surface area (Å²) in [4.78, 5) is 2.51. The van der Waals surface area contributed by atoms with Crippen molar-refractivity contribution in [2.24, 2.45) is 0 Å². The van der Waals surface area contributed by atoms with E-state index in [1.165, 1.54) is 29.7 Å². The van der Waals surface area contributed by atoms with Crippen LogP contribution in [0.15, 0.2) is 12.1 Å². The number of benzene rings is 1. The summed E-state index contributed by atoms with van der Waals surface area (Å²) in [5, 5.41) is 4.46. The Morgan fingerprint density at radius 1 is 1.24 bits per heavy atom. The average Bonchev–Trinajstić information content (AvgIpc) is 2.80. The second-order valence-electron chi connectivity index (χ2n) is 6.46. The van der Waals surface area contributed by atoms with E-state index < -0.39 is 0 Å². The molecular formula is C18H29ClN2. The average molecular weight is 309 g/mol. The molecular weight excluding hydrogens is 280 g/mol. The number of halogens is 1. The van der Waals surface area contributed by atoms with Gasteiger partial charge in [0.1, 0.15) is 0 Å². The summed E-state index contributed by atoms with van der Waals surface area (Å²) in [6.07, 6.45) is 2.34. The molecule has 0 spiro atoms. The first-order valence-corrected chi connectivity index (χ1v) is 8.67. The third kappa shape index (κ3) is 2.93. The number of hydrogen-bond donors (Lipinski definition) is 1. The number of fused-ring (bicyclic) bond motifs is 1. The van der Waals surface area contributed by atoms with Crippen molar-refractivity contribution < 1.29 is 0 Å². The van der Waals surface area contributed by atoms with E-state index >= 15 is 0 Å². The van der Waals surface area contributed by atoms with Gasteiger partial charge in [0.25, 0.3) is 0 Å². The quantitative estimate of drug-likeness (QED) is 0.817. The summed E-state index contributed by atoms with van der Waals surface area (Å²) >= 11 is 6.56. The molecule has 2 nitrogen and oxygen atoms in total. The standard InChI is InChI=1S/C18H29ClN2/c1-6-18(7-2)12-21(8-3)16-10-9-15(19)14(17(16)18)11-20-13(4)5/h9-10,13,20H,6-8,11-12H2,1-5H3. The van der Waals surface area contributed by atoms with Gasteiger partial charge in [-0.3, -0.25) is 0 Å². The molecule has 21 heavy (non-hydrogen) atoms. The highest BCUT2D eigenvalue weighted by molar-refractivity contribution is 6.31. The van der Waals surface area contributed by atoms with E-state index in [0.29, 0.717) is 6.04 Å². The van der Waals surface area contributed by atoms with Gasteiger partial charge in [0.05, 0.1) is 0 Å². The SMILES string of the molecule is CCN1CC(CC)(CC)c2c1ccc(Cl)c2CNC(C)C. The minimum atomic E-state index is 0.254. The summed E-state index contributed by atoms with van der Waals surface area (Å²) in [6.45, 7) is 14.3. The van der Waals surface area contributed by atoms with Gasteiger partial charge in [-0.2, -0.15) is 0 Å². The third-order valence-electron chi connectivity index (χ3n) is 5.02. The Hall–Kier alpha value is -0.730. The summed E-state index contributed by atoms with van der Waals surface area (Å²) in [7, 11) is 0. The summed E-state index contributed by atoms with van der Waals surface area (Å²) in [5.41, 5.74) is 4.45. The molecule has 0 saturated carbocycles. The highest BCUT2D eigenvalue weighted by Crippen LogP contribution is 2.48. The molecule has 0 aliphatic carbocycles. The lowest BCUT2D eigenvalue weighted by atomic mass is 9.75. The lowest BCUT2D eigenvalue weighted by Gasteiger charge is -2.30. The molecule has 1 aromatic rings. The molecule has 0 unspecified atom stereocenters. The molecule has 3 heteroatoms. The minimum absolute atomic E-state index is 0.254. The zero-order valence-electron chi connectivity index (χ0n) is 14.1. The van der Waals surface area contributed by atoms with Crippen LogP contribution in [0.4, 0.5) is 5.69 Å². The smallest absolute Gasteiger partial charge is 0.0455 e. The Morgan fingerprint density at radius 2 is 1.90 bits per heavy atom. The Bertz CT molecular complexity index is 492. The Kier molecular flexibility index (Phi) is 5.21. The van der Waals surface area contributed by atoms with Gasteiger partial charge >= 0.3 is 0 Å². The van der Waals surface area contributed by atoms with E-state index in [1.54, 1.807) is 0 Å². The fourth-order valence-electron chi connectivity index (χ4n) is 3.58. The van der Waals surface area contributed by atoms with Crippen LogP contribution in [0.3, 0.4) is 0 Å². The first kappa shape index (κ1) is 16.6. The molecule has 1 aromatic carbocycles. The molecule has 1 N–H and O–H groups in total. The topological polar surface area (TPSA) is 15.3 Å². The van der Waals surface area contributed by atoms with Crippen LogP contribution in [0.25, 0.3) is 0 Å². The normalized spacial score (nSPS) is 16.6. The van der Waals surface area contributed by atoms with Crippen LogP contribution in [0.1, 0.15) is 58.6 Å². The monoisotopic (exact) mass is 308 g/mol. The van der Waals surface area contributed by atoms with Crippen LogP contribution < -0.4 is 10.2 Å². The second-order valence-corrected chi connectivity index (χ2v) is 6.86. The van der Waals surface area contributed by atoms with E-state index in [4.69, 9.17) is 11.6 Å². The molecule has 0 fully saturated rings. The molecule has 0 aromatic heterocycles. The van der Waals surface area contributed by atoms with E-state index in [1.807, 2.05) is 0 Å². The number of hydrogen-bond acceptors (Lipinski definition) is 2. The van der Waals surface area contributed by atoms with E-state index in [-0.39, 0.29) is 5.41 Å². The van der Waals surface area contributed by atoms with Gasteiger partial charge in [-0.25, -0.2) is 0 Å². The van der Waals surface area contributed by atoms with Gasteiger partial charge in [-0.15, -0.1) is 0 Å². The predicted molar refractivity (Wildman–Crippen MR) is 93.6 cm³/mol. The van der Waals surface area contributed by atoms with Crippen molar-refractivity contribution in [2.45, 2.75) is 65.5 Å². The summed E-state index contributed by atoms with van der Waals surface area (Å²) in [6, 6.07) is 4.76. The lowest BCUT2D eigenvalue weighted by molar-refractivity contribution is 0.416. The Balaban J connectivity index is 2.54. The fraction of sp³-hybridized carbons (Fsp3) is 0.667. The highest BCUT2D eigenvalue weighted by Gasteiger charge is 2.41. The maximum absolute atomic E-state index is 6.56. The van der Waals surface area contributed by atoms with Gasteiger partial charge in [-0.1, -0.05) is 39.3 Å². The molecule has 0 bridgehead atoms. The largest absolute Gasteiger partial charge is 0.371 e. The molecule has 1 aliphatic rings. The molecule has 0 atom stereocenters. The minimum Gasteiger partial charge on any atom is -0.371 e. The maximum Gasteiger partial charge on any atom is 0.0455 e. The molecule has 0 radical (unpaired) electrons. The van der Waals surface area contributed by atoms with Gasteiger partial charge < -0.3 is 10.2 Å². The number of anilines is 1. The van der Waals surface area contributed by atoms with Crippen LogP contribution in [-0.2, 0) is 12.0 Å². The van der Waals surface area contributed by atoms with E-state index in [9.17, 15) is 0 Å². The maximum atomic E-state index is 6.56. The number of rotatable bonds is 6. The first-order chi connectivity index (χ1) is 9.99. The van der Waals surface area contributed by atoms with Gasteiger partial charge in [0.2, 0.25) is 0 Å². The molecule has 118 valence electrons. The predicted octanol–water partition coefficient (Wildman–Crippen LogP) is 4.74. The van der Waals surface area contributed by atoms with Crippen molar-refractivity contribution in [1.82, 2.24) is 5.32 Å². The fourth-order valence-corrected chi connectivity index (χ4v) is 3.81. The summed E-state index contributed by atoms with van der Waals surface area (Å²) < 4.78 is 0. The Morgan fingerprint density at radius 3 is 2.43 bits per heavy atom. The second kappa shape index (κ2) is 6.58. The van der Waals surface area contributed by atoms with Crippen LogP contribution >= 0.6 is 11.6 Å². The number of nitrogens with zero attached hydrogens (tertiary/aromatic N) is 1. The van der Waals surface area contributed by atoms with Crippen molar-refractivity contribution in [3.63, 3.8) is 0 Å². The van der Waals surface area contributed by atoms with E-state index in [2.05, 4.69) is 57.0 Å². The third-order valence-corrected chi connectivity index (χ3v) is 5.37. The molecule has 0 saturated heterocycles. The summed E-state index contributed by atoms with van der Waals surface area (Å²) in [5.74, 6) is 0. The van der Waals surface area contributed by atoms with Crippen LogP contribution in [-0.4, -0.2) is 19.1 Å². The lowest BCUT2D eigenvalue weighted by Crippen LogP contribution is -2.33. The van der Waals surface area contributed by atoms with Crippen LogP contribution in [0, 0.1) is 0 Å². The Labute approximate surface area is 134 Å². The zero-order valence-corrected chi connectivity index (χ0v) is 14.8. The van der Waals surface area contributed by atoms with Crippen molar-refractivity contribution >= 4 is 17.3 Å². The van der Waals surface area contributed by atoms with Crippen molar-refractivity contribution in [1.29, 1.82) is 0 Å². The molecule has 1 aliphatic heterocycles.